The van der Waals surface area contributed by atoms with Gasteiger partial charge < -0.3 is 19.9 Å². The van der Waals surface area contributed by atoms with E-state index in [1.165, 1.54) is 11.1 Å². The van der Waals surface area contributed by atoms with E-state index in [4.69, 9.17) is 17.0 Å². The summed E-state index contributed by atoms with van der Waals surface area (Å²) >= 11 is 5.45. The SMILES string of the molecule is COc1ccc(NC(=S)N(C)CC(=O)N2CCN(Cc3cccc(C)c3)CC2)cc1. The van der Waals surface area contributed by atoms with Crippen LogP contribution in [-0.4, -0.2) is 72.6 Å². The van der Waals surface area contributed by atoms with Crippen molar-refractivity contribution in [1.29, 1.82) is 0 Å². The Balaban J connectivity index is 1.43. The van der Waals surface area contributed by atoms with E-state index < -0.39 is 0 Å². The Morgan fingerprint density at radius 1 is 1.13 bits per heavy atom. The second-order valence-electron chi connectivity index (χ2n) is 7.66. The molecule has 0 atom stereocenters. The number of carbonyl (C=O) groups is 1. The van der Waals surface area contributed by atoms with Crippen LogP contribution in [0.15, 0.2) is 48.5 Å². The average Bonchev–Trinajstić information content (AvgIpc) is 2.74. The maximum absolute atomic E-state index is 12.7. The number of ether oxygens (including phenoxy) is 1. The summed E-state index contributed by atoms with van der Waals surface area (Å²) in [5.41, 5.74) is 3.47. The van der Waals surface area contributed by atoms with Gasteiger partial charge in [0.05, 0.1) is 13.7 Å². The van der Waals surface area contributed by atoms with Gasteiger partial charge in [0.2, 0.25) is 5.91 Å². The number of piperazine rings is 1. The number of nitrogens with zero attached hydrogens (tertiary/aromatic N) is 3. The van der Waals surface area contributed by atoms with Crippen LogP contribution < -0.4 is 10.1 Å². The zero-order valence-corrected chi connectivity index (χ0v) is 18.7. The van der Waals surface area contributed by atoms with E-state index in [1.807, 2.05) is 36.2 Å². The molecule has 0 saturated carbocycles. The van der Waals surface area contributed by atoms with Crippen LogP contribution in [0.2, 0.25) is 0 Å². The van der Waals surface area contributed by atoms with Crippen molar-refractivity contribution in [1.82, 2.24) is 14.7 Å². The molecule has 2 aromatic carbocycles. The topological polar surface area (TPSA) is 48.1 Å². The highest BCUT2D eigenvalue weighted by Gasteiger charge is 2.22. The van der Waals surface area contributed by atoms with Crippen LogP contribution in [0.1, 0.15) is 11.1 Å². The van der Waals surface area contributed by atoms with E-state index in [0.717, 1.165) is 44.2 Å². The second-order valence-corrected chi connectivity index (χ2v) is 8.05. The molecule has 1 aliphatic heterocycles. The summed E-state index contributed by atoms with van der Waals surface area (Å²) in [6.45, 7) is 6.58. The molecule has 0 bridgehead atoms. The van der Waals surface area contributed by atoms with Crippen LogP contribution in [0.3, 0.4) is 0 Å². The fourth-order valence-corrected chi connectivity index (χ4v) is 3.67. The molecular weight excluding hydrogens is 396 g/mol. The van der Waals surface area contributed by atoms with E-state index in [0.29, 0.717) is 5.11 Å². The van der Waals surface area contributed by atoms with Gasteiger partial charge in [-0.15, -0.1) is 0 Å². The summed E-state index contributed by atoms with van der Waals surface area (Å²) in [7, 11) is 3.47. The Bertz CT molecular complexity index is 864. The number of carbonyl (C=O) groups excluding carboxylic acids is 1. The predicted molar refractivity (Wildman–Crippen MR) is 125 cm³/mol. The van der Waals surface area contributed by atoms with Crippen molar-refractivity contribution in [3.8, 4) is 5.75 Å². The summed E-state index contributed by atoms with van der Waals surface area (Å²) in [4.78, 5) is 18.8. The molecule has 160 valence electrons. The van der Waals surface area contributed by atoms with Crippen LogP contribution in [0, 0.1) is 6.92 Å². The predicted octanol–water partition coefficient (Wildman–Crippen LogP) is 2.98. The summed E-state index contributed by atoms with van der Waals surface area (Å²) in [6, 6.07) is 16.1. The smallest absolute Gasteiger partial charge is 0.242 e. The van der Waals surface area contributed by atoms with Crippen molar-refractivity contribution in [3.63, 3.8) is 0 Å². The van der Waals surface area contributed by atoms with Gasteiger partial charge in [0.1, 0.15) is 5.75 Å². The van der Waals surface area contributed by atoms with Crippen molar-refractivity contribution in [2.45, 2.75) is 13.5 Å². The second kappa shape index (κ2) is 10.4. The van der Waals surface area contributed by atoms with Crippen LogP contribution in [-0.2, 0) is 11.3 Å². The summed E-state index contributed by atoms with van der Waals surface area (Å²) in [5.74, 6) is 0.892. The third-order valence-corrected chi connectivity index (χ3v) is 5.69. The van der Waals surface area contributed by atoms with Crippen LogP contribution in [0.4, 0.5) is 5.69 Å². The molecule has 7 heteroatoms. The number of anilines is 1. The normalized spacial score (nSPS) is 14.3. The zero-order valence-electron chi connectivity index (χ0n) is 17.9. The molecular formula is C23H30N4O2S. The molecule has 1 fully saturated rings. The minimum atomic E-state index is 0.103. The maximum Gasteiger partial charge on any atom is 0.242 e. The van der Waals surface area contributed by atoms with Gasteiger partial charge in [0.25, 0.3) is 0 Å². The largest absolute Gasteiger partial charge is 0.497 e. The van der Waals surface area contributed by atoms with Gasteiger partial charge in [-0.2, -0.15) is 0 Å². The maximum atomic E-state index is 12.7. The molecule has 0 aliphatic carbocycles. The molecule has 0 aromatic heterocycles. The molecule has 0 spiro atoms. The molecule has 1 aliphatic rings. The number of methoxy groups -OCH3 is 1. The summed E-state index contributed by atoms with van der Waals surface area (Å²) in [5, 5.41) is 3.68. The van der Waals surface area contributed by atoms with Crippen molar-refractivity contribution in [2.24, 2.45) is 0 Å². The fraction of sp³-hybridized carbons (Fsp3) is 0.391. The third-order valence-electron chi connectivity index (χ3n) is 5.27. The van der Waals surface area contributed by atoms with Gasteiger partial charge in [-0.3, -0.25) is 9.69 Å². The third kappa shape index (κ3) is 6.18. The van der Waals surface area contributed by atoms with Crippen molar-refractivity contribution >= 4 is 28.9 Å². The summed E-state index contributed by atoms with van der Waals surface area (Å²) in [6.07, 6.45) is 0. The highest BCUT2D eigenvalue weighted by atomic mass is 32.1. The molecule has 30 heavy (non-hydrogen) atoms. The molecule has 1 saturated heterocycles. The standard InChI is InChI=1S/C23H30N4O2S/c1-18-5-4-6-19(15-18)16-26-11-13-27(14-12-26)22(28)17-25(2)23(30)24-20-7-9-21(29-3)10-8-20/h4-10,15H,11-14,16-17H2,1-3H3,(H,24,30). The first-order valence-electron chi connectivity index (χ1n) is 10.2. The molecule has 1 heterocycles. The molecule has 0 unspecified atom stereocenters. The van der Waals surface area contributed by atoms with Gasteiger partial charge in [-0.05, 0) is 49.0 Å². The molecule has 1 amide bonds. The monoisotopic (exact) mass is 426 g/mol. The van der Waals surface area contributed by atoms with Crippen LogP contribution >= 0.6 is 12.2 Å². The minimum Gasteiger partial charge on any atom is -0.497 e. The number of benzene rings is 2. The number of likely N-dealkylation sites (N-methyl/N-ethyl adjacent to an activating group) is 1. The number of hydrogen-bond donors (Lipinski definition) is 1. The van der Waals surface area contributed by atoms with E-state index in [2.05, 4.69) is 41.4 Å². The van der Waals surface area contributed by atoms with Crippen molar-refractivity contribution < 1.29 is 9.53 Å². The number of thiocarbonyl (C=S) groups is 1. The van der Waals surface area contributed by atoms with E-state index in [9.17, 15) is 4.79 Å². The molecule has 0 radical (unpaired) electrons. The van der Waals surface area contributed by atoms with Crippen LogP contribution in [0.25, 0.3) is 0 Å². The van der Waals surface area contributed by atoms with Gasteiger partial charge in [-0.25, -0.2) is 0 Å². The first-order chi connectivity index (χ1) is 14.4. The minimum absolute atomic E-state index is 0.103. The van der Waals surface area contributed by atoms with E-state index in [1.54, 1.807) is 12.0 Å². The van der Waals surface area contributed by atoms with Gasteiger partial charge in [-0.1, -0.05) is 29.8 Å². The van der Waals surface area contributed by atoms with Gasteiger partial charge in [0, 0.05) is 45.5 Å². The van der Waals surface area contributed by atoms with E-state index >= 15 is 0 Å². The molecule has 6 nitrogen and oxygen atoms in total. The molecule has 3 rings (SSSR count). The Labute approximate surface area is 184 Å². The fourth-order valence-electron chi connectivity index (χ4n) is 3.49. The Hall–Kier alpha value is -2.64. The number of nitrogens with one attached hydrogen (secondary N) is 1. The number of hydrogen-bond acceptors (Lipinski definition) is 4. The first-order valence-corrected chi connectivity index (χ1v) is 10.6. The lowest BCUT2D eigenvalue weighted by Gasteiger charge is -2.35. The Kier molecular flexibility index (Phi) is 7.65. The van der Waals surface area contributed by atoms with Gasteiger partial charge >= 0.3 is 0 Å². The number of rotatable bonds is 6. The lowest BCUT2D eigenvalue weighted by molar-refractivity contribution is -0.133. The molecule has 1 N–H and O–H groups in total. The highest BCUT2D eigenvalue weighted by molar-refractivity contribution is 7.80. The Morgan fingerprint density at radius 2 is 1.83 bits per heavy atom. The zero-order chi connectivity index (χ0) is 21.5. The Morgan fingerprint density at radius 3 is 2.47 bits per heavy atom. The average molecular weight is 427 g/mol. The van der Waals surface area contributed by atoms with Crippen molar-refractivity contribution in [3.05, 3.63) is 59.7 Å². The highest BCUT2D eigenvalue weighted by Crippen LogP contribution is 2.15. The van der Waals surface area contributed by atoms with Crippen LogP contribution in [0.5, 0.6) is 5.75 Å². The van der Waals surface area contributed by atoms with E-state index in [-0.39, 0.29) is 12.5 Å². The summed E-state index contributed by atoms with van der Waals surface area (Å²) < 4.78 is 5.16. The lowest BCUT2D eigenvalue weighted by Crippen LogP contribution is -2.51. The van der Waals surface area contributed by atoms with Gasteiger partial charge in [0.15, 0.2) is 5.11 Å². The number of amides is 1. The lowest BCUT2D eigenvalue weighted by atomic mass is 10.1. The van der Waals surface area contributed by atoms with Crippen molar-refractivity contribution in [2.75, 3.05) is 52.2 Å². The first kappa shape index (κ1) is 22.1. The molecule has 2 aromatic rings. The number of aryl methyl sites for hydroxylation is 1. The quantitative estimate of drug-likeness (QED) is 0.717.